The molecule has 132 valence electrons. The zero-order chi connectivity index (χ0) is 18.4. The Bertz CT molecular complexity index is 906. The molecule has 0 atom stereocenters. The molecule has 0 saturated carbocycles. The first-order chi connectivity index (χ1) is 12.6. The Balaban J connectivity index is 1.49. The summed E-state index contributed by atoms with van der Waals surface area (Å²) in [7, 11) is 0. The van der Waals surface area contributed by atoms with E-state index in [1.165, 1.54) is 22.2 Å². The number of esters is 1. The van der Waals surface area contributed by atoms with Gasteiger partial charge in [-0.25, -0.2) is 9.48 Å². The molecule has 3 aromatic rings. The molecule has 0 aliphatic rings. The van der Waals surface area contributed by atoms with E-state index in [9.17, 15) is 14.4 Å². The molecule has 26 heavy (non-hydrogen) atoms. The van der Waals surface area contributed by atoms with Crippen LogP contribution in [0.2, 0.25) is 0 Å². The van der Waals surface area contributed by atoms with Gasteiger partial charge in [-0.3, -0.25) is 14.9 Å². The third-order valence-corrected chi connectivity index (χ3v) is 4.14. The van der Waals surface area contributed by atoms with Crippen LogP contribution in [0.1, 0.15) is 25.7 Å². The van der Waals surface area contributed by atoms with Crippen LogP contribution in [0.15, 0.2) is 54.0 Å². The monoisotopic (exact) mass is 370 g/mol. The van der Waals surface area contributed by atoms with Crippen LogP contribution in [0.3, 0.4) is 0 Å². The number of aromatic nitrogens is 3. The smallest absolute Gasteiger partial charge is 0.361 e. The van der Waals surface area contributed by atoms with Crippen molar-refractivity contribution in [2.45, 2.75) is 6.54 Å². The van der Waals surface area contributed by atoms with Crippen molar-refractivity contribution < 1.29 is 19.1 Å². The van der Waals surface area contributed by atoms with E-state index in [4.69, 9.17) is 4.74 Å². The number of hydrogen-bond donors (Lipinski definition) is 1. The minimum atomic E-state index is -0.789. The normalized spacial score (nSPS) is 10.3. The molecule has 1 N–H and O–H groups in total. The van der Waals surface area contributed by atoms with Crippen molar-refractivity contribution in [1.29, 1.82) is 0 Å². The fraction of sp³-hybridized carbons (Fsp3) is 0.118. The summed E-state index contributed by atoms with van der Waals surface area (Å²) in [6, 6.07) is 12.8. The number of nitrogens with zero attached hydrogens (tertiary/aromatic N) is 3. The average molecular weight is 370 g/mol. The number of carbonyl (C=O) groups excluding carboxylic acids is 3. The van der Waals surface area contributed by atoms with Gasteiger partial charge in [0, 0.05) is 0 Å². The van der Waals surface area contributed by atoms with Crippen LogP contribution >= 0.6 is 11.3 Å². The maximum atomic E-state index is 11.9. The summed E-state index contributed by atoms with van der Waals surface area (Å²) < 4.78 is 6.35. The Kier molecular flexibility index (Phi) is 5.49. The highest BCUT2D eigenvalue weighted by molar-refractivity contribution is 7.12. The summed E-state index contributed by atoms with van der Waals surface area (Å²) >= 11 is 1.20. The van der Waals surface area contributed by atoms with Gasteiger partial charge in [-0.15, -0.1) is 16.4 Å². The number of nitrogens with one attached hydrogen (secondary N) is 1. The van der Waals surface area contributed by atoms with Crippen LogP contribution in [0.5, 0.6) is 0 Å². The highest BCUT2D eigenvalue weighted by Gasteiger charge is 2.16. The summed E-state index contributed by atoms with van der Waals surface area (Å²) in [6.45, 7) is -0.127. The summed E-state index contributed by atoms with van der Waals surface area (Å²) in [5.41, 5.74) is 0.988. The lowest BCUT2D eigenvalue weighted by Gasteiger charge is -2.03. The van der Waals surface area contributed by atoms with Gasteiger partial charge in [-0.2, -0.15) is 0 Å². The van der Waals surface area contributed by atoms with Crippen molar-refractivity contribution >= 4 is 29.1 Å². The maximum absolute atomic E-state index is 11.9. The predicted molar refractivity (Wildman–Crippen MR) is 92.6 cm³/mol. The molecule has 0 saturated heterocycles. The SMILES string of the molecule is O=C(COC(=O)c1cn(Cc2ccccc2)nn1)NC(=O)c1cccs1. The Hall–Kier alpha value is -3.33. The fourth-order valence-corrected chi connectivity index (χ4v) is 2.70. The fourth-order valence-electron chi connectivity index (χ4n) is 2.08. The van der Waals surface area contributed by atoms with Crippen molar-refractivity contribution in [3.05, 3.63) is 70.2 Å². The van der Waals surface area contributed by atoms with Gasteiger partial charge < -0.3 is 4.74 Å². The summed E-state index contributed by atoms with van der Waals surface area (Å²) in [5, 5.41) is 11.4. The van der Waals surface area contributed by atoms with E-state index in [2.05, 4.69) is 15.6 Å². The zero-order valence-electron chi connectivity index (χ0n) is 13.5. The number of imide groups is 1. The van der Waals surface area contributed by atoms with Crippen molar-refractivity contribution in [3.63, 3.8) is 0 Å². The zero-order valence-corrected chi connectivity index (χ0v) is 14.3. The first kappa shape index (κ1) is 17.5. The highest BCUT2D eigenvalue weighted by atomic mass is 32.1. The maximum Gasteiger partial charge on any atom is 0.361 e. The number of amides is 2. The molecule has 0 fully saturated rings. The lowest BCUT2D eigenvalue weighted by atomic mass is 10.2. The molecule has 0 bridgehead atoms. The topological polar surface area (TPSA) is 103 Å². The van der Waals surface area contributed by atoms with Crippen LogP contribution in [-0.4, -0.2) is 39.4 Å². The van der Waals surface area contributed by atoms with Crippen LogP contribution in [0, 0.1) is 0 Å². The third-order valence-electron chi connectivity index (χ3n) is 3.27. The van der Waals surface area contributed by atoms with E-state index in [1.807, 2.05) is 30.3 Å². The lowest BCUT2D eigenvalue weighted by Crippen LogP contribution is -2.33. The van der Waals surface area contributed by atoms with E-state index in [0.717, 1.165) is 5.56 Å². The number of rotatable bonds is 6. The quantitative estimate of drug-likeness (QED) is 0.660. The highest BCUT2D eigenvalue weighted by Crippen LogP contribution is 2.07. The molecular weight excluding hydrogens is 356 g/mol. The van der Waals surface area contributed by atoms with Crippen molar-refractivity contribution in [1.82, 2.24) is 20.3 Å². The molecule has 8 nitrogen and oxygen atoms in total. The third kappa shape index (κ3) is 4.61. The Labute approximate surface area is 152 Å². The Morgan fingerprint density at radius 1 is 1.12 bits per heavy atom. The van der Waals surface area contributed by atoms with E-state index >= 15 is 0 Å². The molecular formula is C17H14N4O4S. The van der Waals surface area contributed by atoms with Gasteiger partial charge in [-0.05, 0) is 17.0 Å². The molecule has 0 aliphatic carbocycles. The molecule has 3 rings (SSSR count). The number of hydrogen-bond acceptors (Lipinski definition) is 7. The lowest BCUT2D eigenvalue weighted by molar-refractivity contribution is -0.123. The molecule has 0 radical (unpaired) electrons. The second kappa shape index (κ2) is 8.17. The first-order valence-corrected chi connectivity index (χ1v) is 8.48. The van der Waals surface area contributed by atoms with E-state index in [1.54, 1.807) is 17.5 Å². The summed E-state index contributed by atoms with van der Waals surface area (Å²) in [6.07, 6.45) is 1.43. The van der Waals surface area contributed by atoms with Crippen molar-refractivity contribution in [2.75, 3.05) is 6.61 Å². The number of ether oxygens (including phenoxy) is 1. The van der Waals surface area contributed by atoms with Crippen LogP contribution in [0.4, 0.5) is 0 Å². The van der Waals surface area contributed by atoms with Crippen LogP contribution < -0.4 is 5.32 Å². The van der Waals surface area contributed by atoms with Gasteiger partial charge in [0.1, 0.15) is 0 Å². The molecule has 0 spiro atoms. The van der Waals surface area contributed by atoms with Gasteiger partial charge in [0.2, 0.25) is 0 Å². The Morgan fingerprint density at radius 3 is 2.65 bits per heavy atom. The minimum absolute atomic E-state index is 0.0154. The summed E-state index contributed by atoms with van der Waals surface area (Å²) in [5.74, 6) is -2.04. The minimum Gasteiger partial charge on any atom is -0.451 e. The van der Waals surface area contributed by atoms with Crippen molar-refractivity contribution in [2.24, 2.45) is 0 Å². The van der Waals surface area contributed by atoms with Gasteiger partial charge in [-0.1, -0.05) is 41.6 Å². The molecule has 2 amide bonds. The van der Waals surface area contributed by atoms with Gasteiger partial charge in [0.25, 0.3) is 11.8 Å². The van der Waals surface area contributed by atoms with E-state index < -0.39 is 24.4 Å². The predicted octanol–water partition coefficient (Wildman–Crippen LogP) is 1.50. The van der Waals surface area contributed by atoms with Crippen LogP contribution in [-0.2, 0) is 16.1 Å². The molecule has 2 heterocycles. The van der Waals surface area contributed by atoms with Crippen LogP contribution in [0.25, 0.3) is 0 Å². The molecule has 9 heteroatoms. The van der Waals surface area contributed by atoms with Gasteiger partial charge >= 0.3 is 5.97 Å². The van der Waals surface area contributed by atoms with Crippen molar-refractivity contribution in [3.8, 4) is 0 Å². The number of thiophene rings is 1. The standard InChI is InChI=1S/C17H14N4O4S/c22-15(18-16(23)14-7-4-8-26-14)11-25-17(24)13-10-21(20-19-13)9-12-5-2-1-3-6-12/h1-8,10H,9,11H2,(H,18,22,23). The number of benzene rings is 1. The second-order valence-electron chi connectivity index (χ2n) is 5.22. The summed E-state index contributed by atoms with van der Waals surface area (Å²) in [4.78, 5) is 35.7. The largest absolute Gasteiger partial charge is 0.451 e. The molecule has 0 aliphatic heterocycles. The van der Waals surface area contributed by atoms with Gasteiger partial charge in [0.15, 0.2) is 12.3 Å². The van der Waals surface area contributed by atoms with E-state index in [0.29, 0.717) is 11.4 Å². The Morgan fingerprint density at radius 2 is 1.92 bits per heavy atom. The van der Waals surface area contributed by atoms with E-state index in [-0.39, 0.29) is 5.69 Å². The molecule has 0 unspecified atom stereocenters. The average Bonchev–Trinajstić information content (AvgIpc) is 3.32. The second-order valence-corrected chi connectivity index (χ2v) is 6.17. The molecule has 2 aromatic heterocycles. The first-order valence-electron chi connectivity index (χ1n) is 7.60. The molecule has 1 aromatic carbocycles. The number of carbonyl (C=O) groups is 3. The van der Waals surface area contributed by atoms with Gasteiger partial charge in [0.05, 0.1) is 17.6 Å².